The van der Waals surface area contributed by atoms with Crippen LogP contribution in [0.5, 0.6) is 5.19 Å². The van der Waals surface area contributed by atoms with E-state index in [0.717, 1.165) is 74.2 Å². The van der Waals surface area contributed by atoms with Gasteiger partial charge < -0.3 is 9.14 Å². The van der Waals surface area contributed by atoms with Crippen LogP contribution >= 0.6 is 11.3 Å². The van der Waals surface area contributed by atoms with Crippen molar-refractivity contribution in [2.24, 2.45) is 11.8 Å². The Morgan fingerprint density at radius 3 is 2.83 bits per heavy atom. The lowest BCUT2D eigenvalue weighted by Gasteiger charge is -2.31. The minimum Gasteiger partial charge on any atom is -0.464 e. The number of alkyl halides is 2. The quantitative estimate of drug-likeness (QED) is 0.352. The van der Waals surface area contributed by atoms with Gasteiger partial charge in [-0.3, -0.25) is 9.69 Å². The molecule has 3 aromatic heterocycles. The molecule has 0 bridgehead atoms. The third-order valence-corrected chi connectivity index (χ3v) is 8.51. The summed E-state index contributed by atoms with van der Waals surface area (Å²) in [5, 5.41) is 0.359. The van der Waals surface area contributed by atoms with Crippen molar-refractivity contribution in [1.82, 2.24) is 19.3 Å². The Morgan fingerprint density at radius 2 is 2.03 bits per heavy atom. The molecule has 0 atom stereocenters. The molecule has 194 valence electrons. The van der Waals surface area contributed by atoms with Gasteiger partial charge in [0, 0.05) is 55.8 Å². The predicted molar refractivity (Wildman–Crippen MR) is 136 cm³/mol. The second-order valence-electron chi connectivity index (χ2n) is 10.5. The molecule has 5 rings (SSSR count). The number of thiazole rings is 1. The first-order valence-corrected chi connectivity index (χ1v) is 13.8. The van der Waals surface area contributed by atoms with Gasteiger partial charge in [0.1, 0.15) is 11.4 Å². The van der Waals surface area contributed by atoms with E-state index in [1.54, 1.807) is 0 Å². The van der Waals surface area contributed by atoms with Crippen LogP contribution in [0.15, 0.2) is 30.6 Å². The first kappa shape index (κ1) is 25.3. The number of hydrogen-bond acceptors (Lipinski definition) is 6. The summed E-state index contributed by atoms with van der Waals surface area (Å²) in [4.78, 5) is 25.2. The molecule has 1 saturated carbocycles. The molecular formula is C27H34F2N4O2S. The maximum Gasteiger partial charge on any atom is 0.278 e. The molecule has 0 N–H and O–H groups in total. The highest BCUT2D eigenvalue weighted by molar-refractivity contribution is 7.13. The van der Waals surface area contributed by atoms with Gasteiger partial charge in [0.05, 0.1) is 5.69 Å². The summed E-state index contributed by atoms with van der Waals surface area (Å²) in [7, 11) is 0. The number of Topliss-reactive ketones (excluding diaryl/α,β-unsaturated/α-hetero) is 1. The summed E-state index contributed by atoms with van der Waals surface area (Å²) in [6.45, 7) is 3.01. The van der Waals surface area contributed by atoms with E-state index < -0.39 is 12.5 Å². The molecular weight excluding hydrogens is 482 g/mol. The van der Waals surface area contributed by atoms with Gasteiger partial charge in [-0.1, -0.05) is 30.2 Å². The highest BCUT2D eigenvalue weighted by Crippen LogP contribution is 2.34. The molecule has 4 heterocycles. The number of pyridine rings is 1. The predicted octanol–water partition coefficient (Wildman–Crippen LogP) is 5.58. The number of fused-ring (bicyclic) bond motifs is 2. The topological polar surface area (TPSA) is 59.7 Å². The Labute approximate surface area is 214 Å². The van der Waals surface area contributed by atoms with E-state index in [2.05, 4.69) is 14.9 Å². The summed E-state index contributed by atoms with van der Waals surface area (Å²) in [6, 6.07) is 5.88. The Kier molecular flexibility index (Phi) is 7.67. The molecule has 2 aliphatic rings. The van der Waals surface area contributed by atoms with Crippen LogP contribution in [0.25, 0.3) is 5.65 Å². The average Bonchev–Trinajstić information content (AvgIpc) is 3.45. The fourth-order valence-corrected chi connectivity index (χ4v) is 6.38. The molecule has 0 amide bonds. The molecule has 1 aliphatic carbocycles. The molecule has 0 unspecified atom stereocenters. The number of carbonyl (C=O) groups is 1. The number of carbonyl (C=O) groups excluding carboxylic acids is 1. The third-order valence-electron chi connectivity index (χ3n) is 7.44. The highest BCUT2D eigenvalue weighted by atomic mass is 32.1. The first-order valence-electron chi connectivity index (χ1n) is 13.0. The van der Waals surface area contributed by atoms with E-state index in [-0.39, 0.29) is 0 Å². The van der Waals surface area contributed by atoms with Crippen LogP contribution in [0.4, 0.5) is 8.78 Å². The van der Waals surface area contributed by atoms with Crippen LogP contribution < -0.4 is 4.74 Å². The molecule has 36 heavy (non-hydrogen) atoms. The zero-order valence-corrected chi connectivity index (χ0v) is 21.6. The Hall–Kier alpha value is -2.39. The molecule has 1 fully saturated rings. The van der Waals surface area contributed by atoms with Crippen LogP contribution in [-0.2, 0) is 24.2 Å². The summed E-state index contributed by atoms with van der Waals surface area (Å²) in [5.74, 6) is -1.34. The van der Waals surface area contributed by atoms with Crippen molar-refractivity contribution in [3.63, 3.8) is 0 Å². The van der Waals surface area contributed by atoms with Gasteiger partial charge in [-0.2, -0.15) is 0 Å². The largest absolute Gasteiger partial charge is 0.464 e. The summed E-state index contributed by atoms with van der Waals surface area (Å²) in [5.41, 5.74) is 2.83. The van der Waals surface area contributed by atoms with Crippen molar-refractivity contribution in [3.05, 3.63) is 46.9 Å². The van der Waals surface area contributed by atoms with E-state index in [1.165, 1.54) is 24.2 Å². The lowest BCUT2D eigenvalue weighted by atomic mass is 9.78. The van der Waals surface area contributed by atoms with E-state index in [9.17, 15) is 13.6 Å². The minimum absolute atomic E-state index is 0.308. The van der Waals surface area contributed by atoms with E-state index in [0.29, 0.717) is 35.7 Å². The maximum absolute atomic E-state index is 13.1. The third kappa shape index (κ3) is 6.48. The monoisotopic (exact) mass is 516 g/mol. The van der Waals surface area contributed by atoms with Gasteiger partial charge in [0.2, 0.25) is 0 Å². The fraction of sp³-hybridized carbons (Fsp3) is 0.593. The summed E-state index contributed by atoms with van der Waals surface area (Å²) >= 11 is 1.40. The summed E-state index contributed by atoms with van der Waals surface area (Å²) < 4.78 is 33.3. The van der Waals surface area contributed by atoms with Gasteiger partial charge in [-0.15, -0.1) is 0 Å². The standard InChI is InChI=1S/C27H34F2N4O2S/c1-27(28,29)18-35-26-31-23-17-32(13-10-24(23)36-26)12-9-19-5-7-20(8-6-19)14-22(34)15-21-16-30-25-4-2-3-11-33(21)25/h2-4,11,16,19-20H,5-10,12-15,17-18H2,1H3. The van der Waals surface area contributed by atoms with Crippen molar-refractivity contribution in [1.29, 1.82) is 0 Å². The highest BCUT2D eigenvalue weighted by Gasteiger charge is 2.27. The second-order valence-corrected chi connectivity index (χ2v) is 11.6. The lowest BCUT2D eigenvalue weighted by molar-refractivity contribution is -0.119. The lowest BCUT2D eigenvalue weighted by Crippen LogP contribution is -2.32. The average molecular weight is 517 g/mol. The number of imidazole rings is 1. The van der Waals surface area contributed by atoms with Crippen LogP contribution in [0.1, 0.15) is 61.7 Å². The number of aromatic nitrogens is 3. The zero-order valence-electron chi connectivity index (χ0n) is 20.8. The van der Waals surface area contributed by atoms with E-state index >= 15 is 0 Å². The van der Waals surface area contributed by atoms with Crippen LogP contribution in [0.3, 0.4) is 0 Å². The van der Waals surface area contributed by atoms with Gasteiger partial charge in [-0.05, 0) is 56.2 Å². The number of ketones is 1. The van der Waals surface area contributed by atoms with Crippen molar-refractivity contribution >= 4 is 22.8 Å². The Morgan fingerprint density at radius 1 is 1.22 bits per heavy atom. The SMILES string of the molecule is CC(F)(F)COc1nc2c(s1)CCN(CCC1CCC(CC(=O)Cc3cnc4ccccn34)CC1)C2. The smallest absolute Gasteiger partial charge is 0.278 e. The van der Waals surface area contributed by atoms with E-state index in [1.807, 2.05) is 35.0 Å². The van der Waals surface area contributed by atoms with Crippen molar-refractivity contribution in [2.45, 2.75) is 70.8 Å². The number of hydrogen-bond donors (Lipinski definition) is 0. The van der Waals surface area contributed by atoms with Crippen LogP contribution in [0.2, 0.25) is 0 Å². The normalized spacial score (nSPS) is 21.0. The molecule has 0 aromatic carbocycles. The molecule has 0 spiro atoms. The van der Waals surface area contributed by atoms with Gasteiger partial charge in [0.15, 0.2) is 6.61 Å². The van der Waals surface area contributed by atoms with Crippen LogP contribution in [-0.4, -0.2) is 50.7 Å². The van der Waals surface area contributed by atoms with Crippen LogP contribution in [0, 0.1) is 11.8 Å². The second kappa shape index (κ2) is 10.9. The molecule has 0 radical (unpaired) electrons. The van der Waals surface area contributed by atoms with Gasteiger partial charge in [-0.25, -0.2) is 18.7 Å². The van der Waals surface area contributed by atoms with Crippen molar-refractivity contribution in [2.75, 3.05) is 19.7 Å². The molecule has 0 saturated heterocycles. The fourth-order valence-electron chi connectivity index (χ4n) is 5.47. The van der Waals surface area contributed by atoms with Gasteiger partial charge >= 0.3 is 0 Å². The minimum atomic E-state index is -2.85. The maximum atomic E-state index is 13.1. The number of ether oxygens (including phenoxy) is 1. The zero-order chi connectivity index (χ0) is 25.1. The first-order chi connectivity index (χ1) is 17.3. The number of nitrogens with zero attached hydrogens (tertiary/aromatic N) is 4. The molecule has 9 heteroatoms. The van der Waals surface area contributed by atoms with Crippen molar-refractivity contribution in [3.8, 4) is 5.19 Å². The summed E-state index contributed by atoms with van der Waals surface area (Å²) in [6.07, 6.45) is 11.6. The molecule has 1 aliphatic heterocycles. The Bertz CT molecular complexity index is 1180. The number of halogens is 2. The van der Waals surface area contributed by atoms with Crippen molar-refractivity contribution < 1.29 is 18.3 Å². The van der Waals surface area contributed by atoms with Gasteiger partial charge in [0.25, 0.3) is 11.1 Å². The molecule has 6 nitrogen and oxygen atoms in total. The van der Waals surface area contributed by atoms with E-state index in [4.69, 9.17) is 4.74 Å². The number of rotatable bonds is 10. The molecule has 3 aromatic rings. The Balaban J connectivity index is 1.02.